The van der Waals surface area contributed by atoms with Crippen LogP contribution in [-0.2, 0) is 7.05 Å². The third-order valence-corrected chi connectivity index (χ3v) is 4.67. The molecule has 7 nitrogen and oxygen atoms in total. The van der Waals surface area contributed by atoms with Gasteiger partial charge in [-0.1, -0.05) is 0 Å². The van der Waals surface area contributed by atoms with Crippen molar-refractivity contribution in [2.24, 2.45) is 7.05 Å². The second-order valence-corrected chi connectivity index (χ2v) is 6.27. The molecule has 3 aromatic rings. The molecule has 4 rings (SSSR count). The molecular formula is C17H19N5O2. The van der Waals surface area contributed by atoms with Crippen LogP contribution in [0.5, 0.6) is 0 Å². The first-order valence-electron chi connectivity index (χ1n) is 8.11. The summed E-state index contributed by atoms with van der Waals surface area (Å²) in [5.74, 6) is 0.479. The number of aromatic nitrogens is 4. The number of fused-ring (bicyclic) bond motifs is 1. The Labute approximate surface area is 139 Å². The first-order valence-corrected chi connectivity index (χ1v) is 8.11. The van der Waals surface area contributed by atoms with E-state index in [2.05, 4.69) is 10.1 Å². The second kappa shape index (κ2) is 5.74. The van der Waals surface area contributed by atoms with E-state index in [1.807, 2.05) is 30.3 Å². The lowest BCUT2D eigenvalue weighted by atomic mass is 9.94. The van der Waals surface area contributed by atoms with Gasteiger partial charge >= 0.3 is 0 Å². The van der Waals surface area contributed by atoms with Gasteiger partial charge in [0.15, 0.2) is 12.0 Å². The van der Waals surface area contributed by atoms with E-state index in [0.29, 0.717) is 18.0 Å². The average Bonchev–Trinajstić information content (AvgIpc) is 3.20. The minimum Gasteiger partial charge on any atom is -0.438 e. The van der Waals surface area contributed by atoms with Gasteiger partial charge in [-0.05, 0) is 31.9 Å². The molecule has 1 atom stereocenters. The average molecular weight is 325 g/mol. The number of aryl methyl sites for hydroxylation is 2. The summed E-state index contributed by atoms with van der Waals surface area (Å²) in [6.07, 6.45) is 5.11. The molecule has 1 aliphatic rings. The molecule has 0 N–H and O–H groups in total. The number of piperidine rings is 1. The molecule has 124 valence electrons. The van der Waals surface area contributed by atoms with Gasteiger partial charge in [-0.2, -0.15) is 5.10 Å². The van der Waals surface area contributed by atoms with Gasteiger partial charge in [0.25, 0.3) is 5.91 Å². The Morgan fingerprint density at radius 2 is 2.25 bits per heavy atom. The predicted molar refractivity (Wildman–Crippen MR) is 87.6 cm³/mol. The lowest BCUT2D eigenvalue weighted by Gasteiger charge is -2.32. The van der Waals surface area contributed by atoms with Crippen molar-refractivity contribution in [1.82, 2.24) is 24.6 Å². The number of nitrogens with zero attached hydrogens (tertiary/aromatic N) is 5. The number of oxazole rings is 1. The lowest BCUT2D eigenvalue weighted by molar-refractivity contribution is 0.0672. The van der Waals surface area contributed by atoms with Crippen molar-refractivity contribution in [3.05, 3.63) is 41.9 Å². The summed E-state index contributed by atoms with van der Waals surface area (Å²) in [6, 6.07) is 4.09. The van der Waals surface area contributed by atoms with Crippen molar-refractivity contribution in [1.29, 1.82) is 0 Å². The van der Waals surface area contributed by atoms with Crippen molar-refractivity contribution in [3.63, 3.8) is 0 Å². The van der Waals surface area contributed by atoms with E-state index >= 15 is 0 Å². The van der Waals surface area contributed by atoms with Crippen LogP contribution in [0.15, 0.2) is 29.1 Å². The fourth-order valence-electron chi connectivity index (χ4n) is 3.32. The molecule has 0 unspecified atom stereocenters. The number of pyridine rings is 1. The number of hydrogen-bond acceptors (Lipinski definition) is 5. The maximum atomic E-state index is 12.6. The van der Waals surface area contributed by atoms with Crippen LogP contribution in [0.2, 0.25) is 0 Å². The molecule has 0 radical (unpaired) electrons. The molecule has 3 aromatic heterocycles. The molecule has 4 heterocycles. The molecule has 24 heavy (non-hydrogen) atoms. The van der Waals surface area contributed by atoms with Crippen LogP contribution < -0.4 is 0 Å². The van der Waals surface area contributed by atoms with Crippen molar-refractivity contribution in [2.75, 3.05) is 13.1 Å². The van der Waals surface area contributed by atoms with Crippen LogP contribution in [0.25, 0.3) is 11.0 Å². The summed E-state index contributed by atoms with van der Waals surface area (Å²) in [5.41, 5.74) is 2.52. The second-order valence-electron chi connectivity index (χ2n) is 6.27. The van der Waals surface area contributed by atoms with E-state index in [1.54, 1.807) is 11.6 Å². The van der Waals surface area contributed by atoms with Crippen LogP contribution in [0.3, 0.4) is 0 Å². The third-order valence-electron chi connectivity index (χ3n) is 4.67. The summed E-state index contributed by atoms with van der Waals surface area (Å²) in [6.45, 7) is 3.18. The highest BCUT2D eigenvalue weighted by atomic mass is 16.3. The van der Waals surface area contributed by atoms with E-state index in [9.17, 15) is 4.79 Å². The van der Waals surface area contributed by atoms with Crippen molar-refractivity contribution < 1.29 is 9.21 Å². The highest BCUT2D eigenvalue weighted by Crippen LogP contribution is 2.28. The summed E-state index contributed by atoms with van der Waals surface area (Å²) >= 11 is 0. The molecule has 0 aromatic carbocycles. The smallest absolute Gasteiger partial charge is 0.291 e. The summed E-state index contributed by atoms with van der Waals surface area (Å²) in [5, 5.41) is 5.27. The van der Waals surface area contributed by atoms with Gasteiger partial charge in [0.05, 0.1) is 11.9 Å². The van der Waals surface area contributed by atoms with E-state index in [0.717, 1.165) is 36.1 Å². The largest absolute Gasteiger partial charge is 0.438 e. The van der Waals surface area contributed by atoms with Crippen LogP contribution in [-0.4, -0.2) is 43.6 Å². The van der Waals surface area contributed by atoms with Gasteiger partial charge in [-0.3, -0.25) is 9.48 Å². The van der Waals surface area contributed by atoms with Crippen LogP contribution in [0.1, 0.15) is 40.7 Å². The quantitative estimate of drug-likeness (QED) is 0.722. The van der Waals surface area contributed by atoms with Gasteiger partial charge in [0.2, 0.25) is 5.76 Å². The zero-order chi connectivity index (χ0) is 16.7. The molecule has 0 aliphatic carbocycles. The Morgan fingerprint density at radius 1 is 1.38 bits per heavy atom. The minimum atomic E-state index is -0.0867. The zero-order valence-electron chi connectivity index (χ0n) is 13.8. The Balaban J connectivity index is 1.58. The van der Waals surface area contributed by atoms with Gasteiger partial charge < -0.3 is 9.32 Å². The molecule has 7 heteroatoms. The molecule has 1 saturated heterocycles. The normalized spacial score (nSPS) is 18.2. The number of hydrogen-bond donors (Lipinski definition) is 0. The Bertz CT molecular complexity index is 897. The number of amides is 1. The SMILES string of the molecule is Cc1ncoc1C(=O)N1CCC[C@H](c2ccc3cnn(C)c3n2)C1. The fraction of sp³-hybridized carbons (Fsp3) is 0.412. The number of rotatable bonds is 2. The van der Waals surface area contributed by atoms with Crippen LogP contribution in [0.4, 0.5) is 0 Å². The van der Waals surface area contributed by atoms with E-state index in [1.165, 1.54) is 6.39 Å². The van der Waals surface area contributed by atoms with Crippen molar-refractivity contribution >= 4 is 16.9 Å². The van der Waals surface area contributed by atoms with Crippen molar-refractivity contribution in [3.8, 4) is 0 Å². The molecule has 0 bridgehead atoms. The first kappa shape index (κ1) is 14.9. The lowest BCUT2D eigenvalue weighted by Crippen LogP contribution is -2.39. The van der Waals surface area contributed by atoms with E-state index < -0.39 is 0 Å². The molecule has 1 fully saturated rings. The monoisotopic (exact) mass is 325 g/mol. The molecular weight excluding hydrogens is 306 g/mol. The maximum absolute atomic E-state index is 12.6. The number of carbonyl (C=O) groups is 1. The molecule has 1 aliphatic heterocycles. The Hall–Kier alpha value is -2.70. The predicted octanol–water partition coefficient (Wildman–Crippen LogP) is 2.28. The van der Waals surface area contributed by atoms with E-state index in [-0.39, 0.29) is 11.8 Å². The van der Waals surface area contributed by atoms with Crippen LogP contribution in [0, 0.1) is 6.92 Å². The summed E-state index contributed by atoms with van der Waals surface area (Å²) in [4.78, 5) is 23.3. The van der Waals surface area contributed by atoms with Gasteiger partial charge in [0.1, 0.15) is 0 Å². The summed E-state index contributed by atoms with van der Waals surface area (Å²) in [7, 11) is 1.89. The zero-order valence-corrected chi connectivity index (χ0v) is 13.8. The van der Waals surface area contributed by atoms with Gasteiger partial charge in [-0.15, -0.1) is 0 Å². The van der Waals surface area contributed by atoms with Crippen LogP contribution >= 0.6 is 0 Å². The minimum absolute atomic E-state index is 0.0867. The number of likely N-dealkylation sites (tertiary alicyclic amines) is 1. The topological polar surface area (TPSA) is 77.0 Å². The first-order chi connectivity index (χ1) is 11.6. The molecule has 1 amide bonds. The third kappa shape index (κ3) is 2.46. The standard InChI is InChI=1S/C17H19N5O2/c1-11-15(24-10-18-11)17(23)22-7-3-4-13(9-22)14-6-5-12-8-19-21(2)16(12)20-14/h5-6,8,10,13H,3-4,7,9H2,1-2H3/t13-/m0/s1. The van der Waals surface area contributed by atoms with Gasteiger partial charge in [-0.25, -0.2) is 9.97 Å². The molecule has 0 saturated carbocycles. The Kier molecular flexibility index (Phi) is 3.55. The van der Waals surface area contributed by atoms with Gasteiger partial charge in [0, 0.05) is 37.1 Å². The highest BCUT2D eigenvalue weighted by molar-refractivity contribution is 5.92. The van der Waals surface area contributed by atoms with Crippen molar-refractivity contribution in [2.45, 2.75) is 25.7 Å². The van der Waals surface area contributed by atoms with E-state index in [4.69, 9.17) is 9.40 Å². The highest BCUT2D eigenvalue weighted by Gasteiger charge is 2.29. The maximum Gasteiger partial charge on any atom is 0.291 e. The fourth-order valence-corrected chi connectivity index (χ4v) is 3.32. The molecule has 0 spiro atoms. The Morgan fingerprint density at radius 3 is 3.04 bits per heavy atom. The number of carbonyl (C=O) groups excluding carboxylic acids is 1. The summed E-state index contributed by atoms with van der Waals surface area (Å²) < 4.78 is 7.03.